The fourth-order valence-corrected chi connectivity index (χ4v) is 3.71. The molecule has 4 rings (SSSR count). The summed E-state index contributed by atoms with van der Waals surface area (Å²) in [7, 11) is 0. The monoisotopic (exact) mass is 418 g/mol. The highest BCUT2D eigenvalue weighted by molar-refractivity contribution is 5.87. The smallest absolute Gasteiger partial charge is 0.241 e. The minimum absolute atomic E-state index is 0.0200. The van der Waals surface area contributed by atoms with Crippen LogP contribution in [-0.4, -0.2) is 45.6 Å². The molecule has 3 N–H and O–H groups in total. The van der Waals surface area contributed by atoms with E-state index in [1.165, 1.54) is 11.1 Å². The van der Waals surface area contributed by atoms with Crippen LogP contribution in [0.4, 0.5) is 4.39 Å². The van der Waals surface area contributed by atoms with Gasteiger partial charge in [0.1, 0.15) is 24.0 Å². The molecule has 3 heterocycles. The lowest BCUT2D eigenvalue weighted by atomic mass is 10.0. The van der Waals surface area contributed by atoms with Gasteiger partial charge < -0.3 is 20.4 Å². The van der Waals surface area contributed by atoms with Gasteiger partial charge in [-0.1, -0.05) is 0 Å². The van der Waals surface area contributed by atoms with Crippen LogP contribution in [0.2, 0.25) is 0 Å². The molecular weight excluding hydrogens is 399 g/mol. The van der Waals surface area contributed by atoms with E-state index in [2.05, 4.69) is 9.97 Å². The number of hydrogen-bond donors (Lipinski definition) is 2. The topological polar surface area (TPSA) is 132 Å². The third kappa shape index (κ3) is 4.18. The number of rotatable bonds is 5. The zero-order valence-electron chi connectivity index (χ0n) is 16.5. The third-order valence-electron chi connectivity index (χ3n) is 5.27. The van der Waals surface area contributed by atoms with Crippen molar-refractivity contribution in [2.24, 2.45) is 5.73 Å². The molecule has 3 aromatic rings. The normalized spacial score (nSPS) is 19.0. The number of aromatic amines is 1. The highest BCUT2D eigenvalue weighted by atomic mass is 19.1. The summed E-state index contributed by atoms with van der Waals surface area (Å²) in [4.78, 5) is 21.2. The van der Waals surface area contributed by atoms with Gasteiger partial charge in [-0.25, -0.2) is 9.37 Å². The molecule has 0 spiro atoms. The Morgan fingerprint density at radius 1 is 1.39 bits per heavy atom. The van der Waals surface area contributed by atoms with E-state index < -0.39 is 24.2 Å². The largest absolute Gasteiger partial charge is 0.439 e. The predicted molar refractivity (Wildman–Crippen MR) is 110 cm³/mol. The molecule has 1 aromatic carbocycles. The number of carbonyl (C=O) groups is 1. The molecule has 156 valence electrons. The number of hydrogen-bond acceptors (Lipinski definition) is 6. The number of amides is 1. The molecule has 0 aliphatic carbocycles. The Labute approximate surface area is 177 Å². The lowest BCUT2D eigenvalue weighted by Crippen LogP contribution is -2.46. The van der Waals surface area contributed by atoms with Crippen LogP contribution in [0.1, 0.15) is 17.5 Å². The van der Waals surface area contributed by atoms with Gasteiger partial charge in [0, 0.05) is 35.8 Å². The fourth-order valence-electron chi connectivity index (χ4n) is 3.71. The van der Waals surface area contributed by atoms with Gasteiger partial charge in [-0.3, -0.25) is 4.79 Å². The first-order valence-electron chi connectivity index (χ1n) is 9.72. The van der Waals surface area contributed by atoms with Crippen LogP contribution >= 0.6 is 0 Å². The number of benzene rings is 1. The van der Waals surface area contributed by atoms with Crippen LogP contribution in [0.15, 0.2) is 42.7 Å². The van der Waals surface area contributed by atoms with Crippen LogP contribution in [0, 0.1) is 22.7 Å². The van der Waals surface area contributed by atoms with Gasteiger partial charge in [0.05, 0.1) is 24.2 Å². The van der Waals surface area contributed by atoms with Crippen molar-refractivity contribution in [3.63, 3.8) is 0 Å². The zero-order valence-corrected chi connectivity index (χ0v) is 16.5. The zero-order chi connectivity index (χ0) is 22.0. The molecule has 3 unspecified atom stereocenters. The lowest BCUT2D eigenvalue weighted by Gasteiger charge is -2.23. The highest BCUT2D eigenvalue weighted by Gasteiger charge is 2.37. The number of ether oxygens (including phenoxy) is 1. The van der Waals surface area contributed by atoms with Gasteiger partial charge in [0.15, 0.2) is 0 Å². The van der Waals surface area contributed by atoms with E-state index in [0.717, 1.165) is 16.5 Å². The Morgan fingerprint density at radius 3 is 2.94 bits per heavy atom. The Bertz CT molecular complexity index is 1190. The SMILES string of the molecule is N#Cc1ccc(Oc2ccc3[nH]cc(CC(N)C(=O)N4CC(F)CC4C#N)c3c2)nc1. The van der Waals surface area contributed by atoms with Crippen LogP contribution in [-0.2, 0) is 11.2 Å². The van der Waals surface area contributed by atoms with Gasteiger partial charge in [-0.15, -0.1) is 0 Å². The first-order chi connectivity index (χ1) is 15.0. The minimum atomic E-state index is -1.20. The van der Waals surface area contributed by atoms with Crippen molar-refractivity contribution < 1.29 is 13.9 Å². The summed E-state index contributed by atoms with van der Waals surface area (Å²) in [5.74, 6) is 0.449. The summed E-state index contributed by atoms with van der Waals surface area (Å²) in [5.41, 5.74) is 8.21. The molecule has 8 nitrogen and oxygen atoms in total. The number of nitrogens with two attached hydrogens (primary N) is 1. The molecule has 3 atom stereocenters. The maximum Gasteiger partial charge on any atom is 0.241 e. The summed E-state index contributed by atoms with van der Waals surface area (Å²) < 4.78 is 19.4. The Balaban J connectivity index is 1.51. The summed E-state index contributed by atoms with van der Waals surface area (Å²) in [6.45, 7) is -0.103. The quantitative estimate of drug-likeness (QED) is 0.654. The number of H-pyrrole nitrogens is 1. The summed E-state index contributed by atoms with van der Waals surface area (Å²) in [6, 6.07) is 10.9. The fraction of sp³-hybridized carbons (Fsp3) is 0.273. The first-order valence-corrected chi connectivity index (χ1v) is 9.72. The Morgan fingerprint density at radius 2 is 2.23 bits per heavy atom. The second-order valence-electron chi connectivity index (χ2n) is 7.40. The molecule has 2 aromatic heterocycles. The number of nitrogens with one attached hydrogen (secondary N) is 1. The van der Waals surface area contributed by atoms with Gasteiger partial charge in [0.2, 0.25) is 11.8 Å². The molecule has 0 bridgehead atoms. The molecule has 1 saturated heterocycles. The summed E-state index contributed by atoms with van der Waals surface area (Å²) in [5, 5.41) is 18.9. The van der Waals surface area contributed by atoms with Crippen LogP contribution < -0.4 is 10.5 Å². The molecule has 1 aliphatic heterocycles. The number of carbonyl (C=O) groups excluding carboxylic acids is 1. The highest BCUT2D eigenvalue weighted by Crippen LogP contribution is 2.28. The first kappa shape index (κ1) is 20.3. The van der Waals surface area contributed by atoms with Crippen LogP contribution in [0.5, 0.6) is 11.6 Å². The van der Waals surface area contributed by atoms with Crippen molar-refractivity contribution in [1.29, 1.82) is 10.5 Å². The molecule has 0 saturated carbocycles. The van der Waals surface area contributed by atoms with E-state index >= 15 is 0 Å². The van der Waals surface area contributed by atoms with Crippen molar-refractivity contribution >= 4 is 16.8 Å². The van der Waals surface area contributed by atoms with Gasteiger partial charge in [-0.2, -0.15) is 10.5 Å². The van der Waals surface area contributed by atoms with Crippen molar-refractivity contribution in [1.82, 2.24) is 14.9 Å². The van der Waals surface area contributed by atoms with E-state index in [1.54, 1.807) is 24.4 Å². The van der Waals surface area contributed by atoms with Crippen molar-refractivity contribution in [2.45, 2.75) is 31.1 Å². The Hall–Kier alpha value is -3.95. The van der Waals surface area contributed by atoms with E-state index in [4.69, 9.17) is 15.7 Å². The van der Waals surface area contributed by atoms with E-state index in [1.807, 2.05) is 24.3 Å². The van der Waals surface area contributed by atoms with Gasteiger partial charge >= 0.3 is 0 Å². The average molecular weight is 418 g/mol. The molecule has 31 heavy (non-hydrogen) atoms. The predicted octanol–water partition coefficient (Wildman–Crippen LogP) is 2.56. The summed E-state index contributed by atoms with van der Waals surface area (Å²) in [6.07, 6.45) is 2.24. The molecule has 1 aliphatic rings. The standard InChI is InChI=1S/C22H19FN6O2/c23-15-6-16(9-25)29(12-15)22(30)19(26)5-14-11-27-20-3-2-17(7-18(14)20)31-21-4-1-13(8-24)10-28-21/h1-4,7,10-11,15-16,19,27H,5-6,12,26H2. The number of pyridine rings is 1. The number of nitriles is 2. The second kappa shape index (κ2) is 8.42. The van der Waals surface area contributed by atoms with E-state index in [0.29, 0.717) is 17.2 Å². The van der Waals surface area contributed by atoms with E-state index in [-0.39, 0.29) is 19.4 Å². The van der Waals surface area contributed by atoms with Gasteiger partial charge in [-0.05, 0) is 36.2 Å². The number of alkyl halides is 1. The minimum Gasteiger partial charge on any atom is -0.439 e. The molecule has 9 heteroatoms. The molecular formula is C22H19FN6O2. The maximum atomic E-state index is 13.7. The van der Waals surface area contributed by atoms with Crippen LogP contribution in [0.3, 0.4) is 0 Å². The van der Waals surface area contributed by atoms with Gasteiger partial charge in [0.25, 0.3) is 0 Å². The number of aromatic nitrogens is 2. The van der Waals surface area contributed by atoms with E-state index in [9.17, 15) is 14.4 Å². The third-order valence-corrected chi connectivity index (χ3v) is 5.27. The average Bonchev–Trinajstić information content (AvgIpc) is 3.36. The molecule has 1 fully saturated rings. The van der Waals surface area contributed by atoms with Crippen LogP contribution in [0.25, 0.3) is 10.9 Å². The maximum absolute atomic E-state index is 13.7. The number of halogens is 1. The van der Waals surface area contributed by atoms with Crippen molar-refractivity contribution in [3.8, 4) is 23.8 Å². The molecule has 1 amide bonds. The van der Waals surface area contributed by atoms with Crippen molar-refractivity contribution in [2.75, 3.05) is 6.54 Å². The lowest BCUT2D eigenvalue weighted by molar-refractivity contribution is -0.132. The number of likely N-dealkylation sites (tertiary alicyclic amines) is 1. The summed E-state index contributed by atoms with van der Waals surface area (Å²) >= 11 is 0. The number of nitrogens with zero attached hydrogens (tertiary/aromatic N) is 4. The Kier molecular flexibility index (Phi) is 5.52. The molecule has 0 radical (unpaired) electrons. The number of fused-ring (bicyclic) bond motifs is 1. The van der Waals surface area contributed by atoms with Crippen molar-refractivity contribution in [3.05, 3.63) is 53.9 Å². The second-order valence-corrected chi connectivity index (χ2v) is 7.40.